The van der Waals surface area contributed by atoms with Gasteiger partial charge in [0.1, 0.15) is 5.75 Å². The molecule has 0 heterocycles. The van der Waals surface area contributed by atoms with Gasteiger partial charge in [0, 0.05) is 10.7 Å². The van der Waals surface area contributed by atoms with Crippen molar-refractivity contribution in [3.8, 4) is 5.75 Å². The Morgan fingerprint density at radius 1 is 1.21 bits per heavy atom. The molecule has 2 aromatic rings. The number of aryl methyl sites for hydroxylation is 2. The minimum absolute atomic E-state index is 0.307. The molecule has 1 aliphatic carbocycles. The monoisotopic (exact) mass is 273 g/mol. The molecule has 3 rings (SSSR count). The van der Waals surface area contributed by atoms with E-state index in [1.807, 2.05) is 19.1 Å². The van der Waals surface area contributed by atoms with E-state index in [0.29, 0.717) is 11.8 Å². The zero-order valence-electron chi connectivity index (χ0n) is 10.8. The normalized spacial score (nSPS) is 17.3. The number of halogens is 1. The van der Waals surface area contributed by atoms with Gasteiger partial charge in [-0.05, 0) is 66.8 Å². The van der Waals surface area contributed by atoms with Crippen molar-refractivity contribution < 1.29 is 5.11 Å². The van der Waals surface area contributed by atoms with E-state index >= 15 is 0 Å². The Morgan fingerprint density at radius 3 is 2.84 bits per heavy atom. The molecule has 3 heteroatoms. The summed E-state index contributed by atoms with van der Waals surface area (Å²) in [6.45, 7) is 2.00. The summed E-state index contributed by atoms with van der Waals surface area (Å²) in [6.07, 6.45) is 2.14. The molecule has 0 radical (unpaired) electrons. The molecular weight excluding hydrogens is 258 g/mol. The molecule has 0 saturated carbocycles. The molecule has 2 N–H and O–H groups in total. The average Bonchev–Trinajstić information content (AvgIpc) is 2.75. The van der Waals surface area contributed by atoms with Crippen molar-refractivity contribution in [2.24, 2.45) is 0 Å². The van der Waals surface area contributed by atoms with Crippen LogP contribution in [0.15, 0.2) is 36.4 Å². The molecule has 1 unspecified atom stereocenters. The molecule has 2 aromatic carbocycles. The molecule has 98 valence electrons. The van der Waals surface area contributed by atoms with E-state index in [9.17, 15) is 5.11 Å². The first-order valence-electron chi connectivity index (χ1n) is 6.48. The van der Waals surface area contributed by atoms with E-state index in [1.54, 1.807) is 12.1 Å². The largest absolute Gasteiger partial charge is 0.508 e. The average molecular weight is 274 g/mol. The van der Waals surface area contributed by atoms with Crippen molar-refractivity contribution in [3.05, 3.63) is 58.1 Å². The lowest BCUT2D eigenvalue weighted by Gasteiger charge is -2.17. The summed E-state index contributed by atoms with van der Waals surface area (Å²) in [5.41, 5.74) is 4.80. The maximum absolute atomic E-state index is 9.44. The molecule has 0 bridgehead atoms. The van der Waals surface area contributed by atoms with Crippen LogP contribution in [-0.2, 0) is 6.42 Å². The molecule has 0 saturated heterocycles. The third-order valence-corrected chi connectivity index (χ3v) is 3.96. The minimum atomic E-state index is 0.307. The summed E-state index contributed by atoms with van der Waals surface area (Å²) in [6, 6.07) is 11.9. The highest BCUT2D eigenvalue weighted by atomic mass is 35.5. The summed E-state index contributed by atoms with van der Waals surface area (Å²) in [7, 11) is 0. The number of hydrogen-bond donors (Lipinski definition) is 2. The van der Waals surface area contributed by atoms with Gasteiger partial charge in [-0.1, -0.05) is 17.7 Å². The molecule has 2 nitrogen and oxygen atoms in total. The number of fused-ring (bicyclic) bond motifs is 1. The molecule has 1 aliphatic rings. The standard InChI is InChI=1S/C16H16ClNO/c1-10-8-13(19)4-7-15(10)18-16-6-2-11-9-12(17)3-5-14(11)16/h3-5,7-9,16,18-19H,2,6H2,1H3. The molecular formula is C16H16ClNO. The SMILES string of the molecule is Cc1cc(O)ccc1NC1CCc2cc(Cl)ccc21. The summed E-state index contributed by atoms with van der Waals surface area (Å²) in [4.78, 5) is 0. The second kappa shape index (κ2) is 4.78. The first-order valence-corrected chi connectivity index (χ1v) is 6.86. The lowest BCUT2D eigenvalue weighted by atomic mass is 10.1. The maximum atomic E-state index is 9.44. The van der Waals surface area contributed by atoms with Crippen molar-refractivity contribution in [3.63, 3.8) is 0 Å². The highest BCUT2D eigenvalue weighted by Gasteiger charge is 2.22. The van der Waals surface area contributed by atoms with Crippen molar-refractivity contribution in [1.29, 1.82) is 0 Å². The molecule has 19 heavy (non-hydrogen) atoms. The van der Waals surface area contributed by atoms with Crippen LogP contribution in [0.3, 0.4) is 0 Å². The van der Waals surface area contributed by atoms with Gasteiger partial charge in [-0.2, -0.15) is 0 Å². The van der Waals surface area contributed by atoms with Crippen molar-refractivity contribution >= 4 is 17.3 Å². The van der Waals surface area contributed by atoms with Crippen LogP contribution in [0.4, 0.5) is 5.69 Å². The highest BCUT2D eigenvalue weighted by molar-refractivity contribution is 6.30. The van der Waals surface area contributed by atoms with Crippen LogP contribution in [0.1, 0.15) is 29.2 Å². The highest BCUT2D eigenvalue weighted by Crippen LogP contribution is 2.36. The number of phenols is 1. The van der Waals surface area contributed by atoms with Gasteiger partial charge in [0.25, 0.3) is 0 Å². The molecule has 0 aliphatic heterocycles. The van der Waals surface area contributed by atoms with Gasteiger partial charge in [-0.15, -0.1) is 0 Å². The van der Waals surface area contributed by atoms with E-state index in [2.05, 4.69) is 17.4 Å². The fraction of sp³-hybridized carbons (Fsp3) is 0.250. The van der Waals surface area contributed by atoms with Gasteiger partial charge < -0.3 is 10.4 Å². The van der Waals surface area contributed by atoms with E-state index in [0.717, 1.165) is 29.1 Å². The molecule has 1 atom stereocenters. The number of rotatable bonds is 2. The predicted molar refractivity (Wildman–Crippen MR) is 79.0 cm³/mol. The summed E-state index contributed by atoms with van der Waals surface area (Å²) >= 11 is 6.03. The van der Waals surface area contributed by atoms with Gasteiger partial charge >= 0.3 is 0 Å². The predicted octanol–water partition coefficient (Wildman–Crippen LogP) is 4.45. The first kappa shape index (κ1) is 12.4. The van der Waals surface area contributed by atoms with Crippen LogP contribution < -0.4 is 5.32 Å². The smallest absolute Gasteiger partial charge is 0.115 e. The van der Waals surface area contributed by atoms with Gasteiger partial charge in [-0.3, -0.25) is 0 Å². The van der Waals surface area contributed by atoms with Gasteiger partial charge in [0.15, 0.2) is 0 Å². The van der Waals surface area contributed by atoms with Crippen LogP contribution in [0.5, 0.6) is 5.75 Å². The Kier molecular flexibility index (Phi) is 3.11. The Morgan fingerprint density at radius 2 is 2.05 bits per heavy atom. The van der Waals surface area contributed by atoms with Crippen molar-refractivity contribution in [2.75, 3.05) is 5.32 Å². The number of aromatic hydroxyl groups is 1. The summed E-state index contributed by atoms with van der Waals surface area (Å²) in [5, 5.41) is 13.8. The fourth-order valence-electron chi connectivity index (χ4n) is 2.73. The third-order valence-electron chi connectivity index (χ3n) is 3.72. The van der Waals surface area contributed by atoms with Crippen LogP contribution in [0.25, 0.3) is 0 Å². The molecule has 0 aromatic heterocycles. The van der Waals surface area contributed by atoms with Crippen molar-refractivity contribution in [2.45, 2.75) is 25.8 Å². The number of benzene rings is 2. The Balaban J connectivity index is 1.86. The van der Waals surface area contributed by atoms with E-state index < -0.39 is 0 Å². The second-order valence-electron chi connectivity index (χ2n) is 5.08. The van der Waals surface area contributed by atoms with E-state index in [4.69, 9.17) is 11.6 Å². The second-order valence-corrected chi connectivity index (χ2v) is 5.51. The van der Waals surface area contributed by atoms with Gasteiger partial charge in [0.05, 0.1) is 6.04 Å². The van der Waals surface area contributed by atoms with E-state index in [-0.39, 0.29) is 0 Å². The number of phenolic OH excluding ortho intramolecular Hbond substituents is 1. The minimum Gasteiger partial charge on any atom is -0.508 e. The number of hydrogen-bond acceptors (Lipinski definition) is 2. The Hall–Kier alpha value is -1.67. The van der Waals surface area contributed by atoms with Gasteiger partial charge in [-0.25, -0.2) is 0 Å². The van der Waals surface area contributed by atoms with Crippen LogP contribution >= 0.6 is 11.6 Å². The third kappa shape index (κ3) is 2.41. The number of nitrogens with one attached hydrogen (secondary N) is 1. The first-order chi connectivity index (χ1) is 9.13. The summed E-state index contributed by atoms with van der Waals surface area (Å²) in [5.74, 6) is 0.307. The maximum Gasteiger partial charge on any atom is 0.115 e. The topological polar surface area (TPSA) is 32.3 Å². The van der Waals surface area contributed by atoms with E-state index in [1.165, 1.54) is 11.1 Å². The van der Waals surface area contributed by atoms with Gasteiger partial charge in [0.2, 0.25) is 0 Å². The quantitative estimate of drug-likeness (QED) is 0.792. The number of anilines is 1. The molecule has 0 fully saturated rings. The van der Waals surface area contributed by atoms with Crippen LogP contribution in [-0.4, -0.2) is 5.11 Å². The van der Waals surface area contributed by atoms with Crippen LogP contribution in [0.2, 0.25) is 5.02 Å². The fourth-order valence-corrected chi connectivity index (χ4v) is 2.93. The van der Waals surface area contributed by atoms with Crippen molar-refractivity contribution in [1.82, 2.24) is 0 Å². The molecule has 0 amide bonds. The Labute approximate surface area is 118 Å². The zero-order chi connectivity index (χ0) is 13.4. The Bertz CT molecular complexity index is 624. The summed E-state index contributed by atoms with van der Waals surface area (Å²) < 4.78 is 0. The zero-order valence-corrected chi connectivity index (χ0v) is 11.5. The lowest BCUT2D eigenvalue weighted by molar-refractivity contribution is 0.475. The van der Waals surface area contributed by atoms with Crippen LogP contribution in [0, 0.1) is 6.92 Å². The lowest BCUT2D eigenvalue weighted by Crippen LogP contribution is -2.08. The molecule has 0 spiro atoms.